The van der Waals surface area contributed by atoms with Crippen LogP contribution in [0.1, 0.15) is 67.2 Å². The number of nitrogens with zero attached hydrogens (tertiary/aromatic N) is 2. The van der Waals surface area contributed by atoms with Crippen LogP contribution in [-0.2, 0) is 15.7 Å². The van der Waals surface area contributed by atoms with Crippen molar-refractivity contribution < 1.29 is 35.3 Å². The lowest BCUT2D eigenvalue weighted by Gasteiger charge is -2.49. The maximum Gasteiger partial charge on any atom is 0.534 e. The Kier molecular flexibility index (Phi) is 7.46. The highest BCUT2D eigenvalue weighted by atomic mass is 32.2. The van der Waals surface area contributed by atoms with Gasteiger partial charge in [-0.3, -0.25) is 14.7 Å². The highest BCUT2D eigenvalue weighted by Crippen LogP contribution is 2.49. The average Bonchev–Trinajstić information content (AvgIpc) is 3.62. The summed E-state index contributed by atoms with van der Waals surface area (Å²) in [5.41, 5.74) is -4.08. The van der Waals surface area contributed by atoms with Crippen molar-refractivity contribution in [3.63, 3.8) is 0 Å². The van der Waals surface area contributed by atoms with E-state index in [2.05, 4.69) is 40.2 Å². The molecule has 1 saturated carbocycles. The molecule has 1 atom stereocenters. The molecule has 5 rings (SSSR count). The van der Waals surface area contributed by atoms with E-state index in [0.717, 1.165) is 24.6 Å². The molecule has 3 aromatic rings. The lowest BCUT2D eigenvalue weighted by molar-refractivity contribution is -0.0500. The number of amides is 1. The van der Waals surface area contributed by atoms with Gasteiger partial charge in [-0.1, -0.05) is 12.1 Å². The molecule has 1 amide bonds. The first-order valence-electron chi connectivity index (χ1n) is 13.7. The minimum atomic E-state index is -5.90. The van der Waals surface area contributed by atoms with Crippen LogP contribution in [0.4, 0.5) is 13.2 Å². The van der Waals surface area contributed by atoms with Crippen LogP contribution >= 0.6 is 0 Å². The molecular formula is C30H34F3N3O5S. The van der Waals surface area contributed by atoms with Gasteiger partial charge in [0.2, 0.25) is 0 Å². The molecule has 42 heavy (non-hydrogen) atoms. The number of likely N-dealkylation sites (tertiary alicyclic amines) is 1. The zero-order valence-electron chi connectivity index (χ0n) is 24.1. The Hall–Kier alpha value is -3.38. The number of benzene rings is 2. The third kappa shape index (κ3) is 5.92. The summed E-state index contributed by atoms with van der Waals surface area (Å²) in [4.78, 5) is 20.4. The second-order valence-electron chi connectivity index (χ2n) is 12.1. The third-order valence-corrected chi connectivity index (χ3v) is 8.91. The standard InChI is InChI=1S/C30H34F3N3O5S/c1-18-6-8-21(40-17-20-10-13-36(20)28(3,4)5)14-24(18)27(37)35-29(11-12-29)25-15-22(41-42(38,39)30(31,32)33)16-26-23(25)9-7-19(2)34-26/h6-9,14-16,20H,10-13,17H2,1-5H3,(H,35,37)/t20-/m0/s1. The Bertz CT molecular complexity index is 1650. The first-order valence-corrected chi connectivity index (χ1v) is 15.2. The topological polar surface area (TPSA) is 97.8 Å². The van der Waals surface area contributed by atoms with Gasteiger partial charge in [-0.05, 0) is 89.3 Å². The Balaban J connectivity index is 1.41. The fourth-order valence-electron chi connectivity index (χ4n) is 5.43. The summed E-state index contributed by atoms with van der Waals surface area (Å²) in [5.74, 6) is -0.340. The molecule has 12 heteroatoms. The summed E-state index contributed by atoms with van der Waals surface area (Å²) in [6.45, 7) is 11.5. The number of aromatic nitrogens is 1. The van der Waals surface area contributed by atoms with Crippen LogP contribution in [0.2, 0.25) is 0 Å². The van der Waals surface area contributed by atoms with Crippen molar-refractivity contribution in [1.82, 2.24) is 15.2 Å². The van der Waals surface area contributed by atoms with Crippen molar-refractivity contribution in [2.24, 2.45) is 0 Å². The first kappa shape index (κ1) is 30.1. The van der Waals surface area contributed by atoms with Crippen molar-refractivity contribution >= 4 is 26.9 Å². The molecule has 2 fully saturated rings. The number of carbonyl (C=O) groups is 1. The van der Waals surface area contributed by atoms with E-state index in [-0.39, 0.29) is 17.0 Å². The van der Waals surface area contributed by atoms with Crippen LogP contribution in [0.3, 0.4) is 0 Å². The minimum Gasteiger partial charge on any atom is -0.492 e. The van der Waals surface area contributed by atoms with Gasteiger partial charge in [0.25, 0.3) is 5.91 Å². The number of hydrogen-bond donors (Lipinski definition) is 1. The molecule has 0 radical (unpaired) electrons. The van der Waals surface area contributed by atoms with Crippen molar-refractivity contribution in [3.05, 3.63) is 64.8 Å². The molecule has 1 N–H and O–H groups in total. The minimum absolute atomic E-state index is 0.0425. The zero-order chi connectivity index (χ0) is 30.7. The van der Waals surface area contributed by atoms with E-state index in [1.165, 1.54) is 6.07 Å². The summed E-state index contributed by atoms with van der Waals surface area (Å²) >= 11 is 0. The highest BCUT2D eigenvalue weighted by molar-refractivity contribution is 7.88. The van der Waals surface area contributed by atoms with Gasteiger partial charge in [0.05, 0.1) is 11.1 Å². The number of pyridine rings is 1. The molecule has 1 aliphatic heterocycles. The normalized spacial score (nSPS) is 18.8. The number of hydrogen-bond acceptors (Lipinski definition) is 7. The highest BCUT2D eigenvalue weighted by Gasteiger charge is 2.50. The number of aryl methyl sites for hydroxylation is 2. The van der Waals surface area contributed by atoms with Crippen LogP contribution in [0.25, 0.3) is 10.9 Å². The number of halogens is 3. The van der Waals surface area contributed by atoms with Crippen LogP contribution in [0.15, 0.2) is 42.5 Å². The van der Waals surface area contributed by atoms with Gasteiger partial charge in [-0.15, -0.1) is 0 Å². The Morgan fingerprint density at radius 2 is 1.79 bits per heavy atom. The molecule has 1 saturated heterocycles. The summed E-state index contributed by atoms with van der Waals surface area (Å²) in [5, 5.41) is 3.63. The summed E-state index contributed by atoms with van der Waals surface area (Å²) in [6.07, 6.45) is 2.03. The number of carbonyl (C=O) groups excluding carboxylic acids is 1. The smallest absolute Gasteiger partial charge is 0.492 e. The largest absolute Gasteiger partial charge is 0.534 e. The van der Waals surface area contributed by atoms with Crippen molar-refractivity contribution in [2.75, 3.05) is 13.2 Å². The predicted octanol–water partition coefficient (Wildman–Crippen LogP) is 5.75. The van der Waals surface area contributed by atoms with Crippen LogP contribution in [0, 0.1) is 13.8 Å². The Labute approximate surface area is 243 Å². The van der Waals surface area contributed by atoms with Crippen molar-refractivity contribution in [2.45, 2.75) is 76.5 Å². The van der Waals surface area contributed by atoms with Crippen LogP contribution < -0.4 is 14.2 Å². The fourth-order valence-corrected chi connectivity index (χ4v) is 5.87. The lowest BCUT2D eigenvalue weighted by atomic mass is 9.94. The van der Waals surface area contributed by atoms with Gasteiger partial charge in [-0.2, -0.15) is 21.6 Å². The molecule has 2 aliphatic rings. The summed E-state index contributed by atoms with van der Waals surface area (Å²) in [6, 6.07) is 11.5. The molecule has 226 valence electrons. The zero-order valence-corrected chi connectivity index (χ0v) is 24.9. The Morgan fingerprint density at radius 3 is 2.38 bits per heavy atom. The van der Waals surface area contributed by atoms with Crippen LogP contribution in [-0.4, -0.2) is 54.4 Å². The summed E-state index contributed by atoms with van der Waals surface area (Å²) < 4.78 is 73.3. The molecule has 2 heterocycles. The molecule has 0 bridgehead atoms. The van der Waals surface area contributed by atoms with Gasteiger partial charge in [0, 0.05) is 40.8 Å². The quantitative estimate of drug-likeness (QED) is 0.258. The lowest BCUT2D eigenvalue weighted by Crippen LogP contribution is -2.59. The SMILES string of the molecule is Cc1ccc2c(C3(NC(=O)c4cc(OC[C@@H]5CCN5C(C)(C)C)ccc4C)CC3)cc(OS(=O)(=O)C(F)(F)F)cc2n1. The summed E-state index contributed by atoms with van der Waals surface area (Å²) in [7, 11) is -5.90. The molecule has 8 nitrogen and oxygen atoms in total. The second kappa shape index (κ2) is 10.4. The maximum atomic E-state index is 13.6. The molecule has 0 unspecified atom stereocenters. The van der Waals surface area contributed by atoms with E-state index in [0.29, 0.717) is 53.4 Å². The monoisotopic (exact) mass is 605 g/mol. The van der Waals surface area contributed by atoms with E-state index in [9.17, 15) is 26.4 Å². The van der Waals surface area contributed by atoms with E-state index < -0.39 is 26.9 Å². The van der Waals surface area contributed by atoms with E-state index in [4.69, 9.17) is 4.74 Å². The van der Waals surface area contributed by atoms with E-state index in [1.807, 2.05) is 19.1 Å². The van der Waals surface area contributed by atoms with E-state index in [1.54, 1.807) is 25.1 Å². The first-order chi connectivity index (χ1) is 19.5. The third-order valence-electron chi connectivity index (χ3n) is 7.93. The maximum absolute atomic E-state index is 13.6. The molecule has 1 aromatic heterocycles. The van der Waals surface area contributed by atoms with Gasteiger partial charge < -0.3 is 14.2 Å². The predicted molar refractivity (Wildman–Crippen MR) is 152 cm³/mol. The number of nitrogens with one attached hydrogen (secondary N) is 1. The molecule has 0 spiro atoms. The van der Waals surface area contributed by atoms with E-state index >= 15 is 0 Å². The molecular weight excluding hydrogens is 571 g/mol. The Morgan fingerprint density at radius 1 is 1.07 bits per heavy atom. The van der Waals surface area contributed by atoms with Gasteiger partial charge in [0.15, 0.2) is 0 Å². The van der Waals surface area contributed by atoms with Crippen molar-refractivity contribution in [1.29, 1.82) is 0 Å². The number of fused-ring (bicyclic) bond motifs is 1. The van der Waals surface area contributed by atoms with Gasteiger partial charge in [0.1, 0.15) is 18.1 Å². The van der Waals surface area contributed by atoms with Crippen LogP contribution in [0.5, 0.6) is 11.5 Å². The van der Waals surface area contributed by atoms with Crippen molar-refractivity contribution in [3.8, 4) is 11.5 Å². The second-order valence-corrected chi connectivity index (χ2v) is 13.6. The fraction of sp³-hybridized carbons (Fsp3) is 0.467. The number of rotatable bonds is 8. The number of alkyl halides is 3. The van der Waals surface area contributed by atoms with Gasteiger partial charge >= 0.3 is 15.6 Å². The average molecular weight is 606 g/mol. The number of ether oxygens (including phenoxy) is 1. The molecule has 1 aliphatic carbocycles. The molecule has 2 aromatic carbocycles. The van der Waals surface area contributed by atoms with Gasteiger partial charge in [-0.25, -0.2) is 0 Å².